The molecule has 0 radical (unpaired) electrons. The fourth-order valence-corrected chi connectivity index (χ4v) is 4.05. The summed E-state index contributed by atoms with van der Waals surface area (Å²) in [4.78, 5) is 28.5. The van der Waals surface area contributed by atoms with Crippen LogP contribution in [0.15, 0.2) is 60.7 Å². The van der Waals surface area contributed by atoms with Crippen LogP contribution in [0.4, 0.5) is 10.8 Å². The fourth-order valence-electron chi connectivity index (χ4n) is 3.13. The zero-order valence-corrected chi connectivity index (χ0v) is 17.3. The zero-order valence-electron chi connectivity index (χ0n) is 16.5. The predicted octanol–water partition coefficient (Wildman–Crippen LogP) is 5.21. The maximum Gasteiger partial charge on any atom is 0.262 e. The lowest BCUT2D eigenvalue weighted by molar-refractivity contribution is -0.118. The van der Waals surface area contributed by atoms with Crippen LogP contribution in [0.5, 0.6) is 5.75 Å². The van der Waals surface area contributed by atoms with Crippen LogP contribution in [-0.2, 0) is 9.59 Å². The highest BCUT2D eigenvalue weighted by Crippen LogP contribution is 2.29. The lowest BCUT2D eigenvalue weighted by Gasteiger charge is -2.10. The maximum atomic E-state index is 12.4. The van der Waals surface area contributed by atoms with Crippen molar-refractivity contribution in [2.45, 2.75) is 19.8 Å². The Morgan fingerprint density at radius 2 is 1.83 bits per heavy atom. The molecule has 0 saturated heterocycles. The first-order valence-electron chi connectivity index (χ1n) is 9.73. The highest BCUT2D eigenvalue weighted by molar-refractivity contribution is 7.22. The van der Waals surface area contributed by atoms with Crippen molar-refractivity contribution >= 4 is 55.0 Å². The zero-order chi connectivity index (χ0) is 20.9. The van der Waals surface area contributed by atoms with E-state index in [0.717, 1.165) is 27.4 Å². The number of nitrogens with one attached hydrogen (secondary N) is 2. The molecule has 30 heavy (non-hydrogen) atoms. The Bertz CT molecular complexity index is 1210. The van der Waals surface area contributed by atoms with Crippen molar-refractivity contribution in [3.63, 3.8) is 0 Å². The van der Waals surface area contributed by atoms with E-state index in [1.165, 1.54) is 11.3 Å². The van der Waals surface area contributed by atoms with Crippen molar-refractivity contribution in [1.82, 2.24) is 4.98 Å². The number of amides is 2. The molecule has 4 rings (SSSR count). The summed E-state index contributed by atoms with van der Waals surface area (Å²) < 4.78 is 6.63. The molecule has 7 heteroatoms. The molecule has 4 aromatic rings. The minimum absolute atomic E-state index is 0.0457. The van der Waals surface area contributed by atoms with Gasteiger partial charge in [-0.25, -0.2) is 4.98 Å². The monoisotopic (exact) mass is 419 g/mol. The molecule has 0 saturated carbocycles. The normalized spacial score (nSPS) is 10.8. The molecular weight excluding hydrogens is 398 g/mol. The van der Waals surface area contributed by atoms with E-state index in [2.05, 4.69) is 15.6 Å². The number of rotatable bonds is 7. The summed E-state index contributed by atoms with van der Waals surface area (Å²) in [5.41, 5.74) is 1.43. The first-order valence-corrected chi connectivity index (χ1v) is 10.5. The van der Waals surface area contributed by atoms with Gasteiger partial charge in [0.15, 0.2) is 11.7 Å². The van der Waals surface area contributed by atoms with Gasteiger partial charge >= 0.3 is 0 Å². The van der Waals surface area contributed by atoms with Crippen LogP contribution in [0.3, 0.4) is 0 Å². The predicted molar refractivity (Wildman–Crippen MR) is 121 cm³/mol. The van der Waals surface area contributed by atoms with E-state index in [4.69, 9.17) is 4.74 Å². The molecule has 1 heterocycles. The summed E-state index contributed by atoms with van der Waals surface area (Å²) in [5, 5.41) is 8.25. The molecular formula is C23H21N3O3S. The Balaban J connectivity index is 1.40. The van der Waals surface area contributed by atoms with Crippen LogP contribution in [0, 0.1) is 0 Å². The standard InChI is InChI=1S/C23H21N3O3S/c1-2-6-21(27)26-23-25-18-12-11-16(13-20(18)30-23)24-22(28)14-29-19-10-5-8-15-7-3-4-9-17(15)19/h3-5,7-13H,2,6,14H2,1H3,(H,24,28)(H,25,26,27). The third-order valence-electron chi connectivity index (χ3n) is 4.50. The first kappa shape index (κ1) is 19.8. The fraction of sp³-hybridized carbons (Fsp3) is 0.174. The van der Waals surface area contributed by atoms with Crippen molar-refractivity contribution in [1.29, 1.82) is 0 Å². The van der Waals surface area contributed by atoms with Gasteiger partial charge in [0.2, 0.25) is 5.91 Å². The summed E-state index contributed by atoms with van der Waals surface area (Å²) in [6.45, 7) is 1.87. The van der Waals surface area contributed by atoms with Crippen LogP contribution >= 0.6 is 11.3 Å². The van der Waals surface area contributed by atoms with Gasteiger partial charge in [-0.3, -0.25) is 9.59 Å². The third-order valence-corrected chi connectivity index (χ3v) is 5.44. The van der Waals surface area contributed by atoms with Crippen molar-refractivity contribution in [3.8, 4) is 5.75 Å². The molecule has 0 spiro atoms. The van der Waals surface area contributed by atoms with Crippen molar-refractivity contribution in [2.24, 2.45) is 0 Å². The third kappa shape index (κ3) is 4.58. The topological polar surface area (TPSA) is 80.3 Å². The number of benzene rings is 3. The number of carbonyl (C=O) groups is 2. The molecule has 6 nitrogen and oxygen atoms in total. The summed E-state index contributed by atoms with van der Waals surface area (Å²) in [6, 6.07) is 19.1. The average molecular weight is 420 g/mol. The summed E-state index contributed by atoms with van der Waals surface area (Å²) >= 11 is 1.38. The smallest absolute Gasteiger partial charge is 0.262 e. The Labute approximate surface area is 177 Å². The van der Waals surface area contributed by atoms with Gasteiger partial charge in [-0.2, -0.15) is 0 Å². The molecule has 0 fully saturated rings. The molecule has 3 aromatic carbocycles. The van der Waals surface area contributed by atoms with Crippen LogP contribution in [-0.4, -0.2) is 23.4 Å². The van der Waals surface area contributed by atoms with Crippen LogP contribution in [0.1, 0.15) is 19.8 Å². The molecule has 0 unspecified atom stereocenters. The van der Waals surface area contributed by atoms with Gasteiger partial charge in [0.05, 0.1) is 10.2 Å². The Kier molecular flexibility index (Phi) is 5.90. The van der Waals surface area contributed by atoms with Crippen molar-refractivity contribution in [2.75, 3.05) is 17.2 Å². The van der Waals surface area contributed by atoms with E-state index in [9.17, 15) is 9.59 Å². The van der Waals surface area contributed by atoms with E-state index < -0.39 is 0 Å². The van der Waals surface area contributed by atoms with E-state index in [-0.39, 0.29) is 18.4 Å². The number of anilines is 2. The Hall–Kier alpha value is -3.45. The van der Waals surface area contributed by atoms with Gasteiger partial charge in [0.1, 0.15) is 5.75 Å². The summed E-state index contributed by atoms with van der Waals surface area (Å²) in [5.74, 6) is 0.382. The number of fused-ring (bicyclic) bond motifs is 2. The molecule has 152 valence electrons. The molecule has 2 amide bonds. The Morgan fingerprint density at radius 3 is 2.70 bits per heavy atom. The second kappa shape index (κ2) is 8.92. The summed E-state index contributed by atoms with van der Waals surface area (Å²) in [7, 11) is 0. The number of hydrogen-bond donors (Lipinski definition) is 2. The highest BCUT2D eigenvalue weighted by Gasteiger charge is 2.10. The van der Waals surface area contributed by atoms with E-state index in [1.54, 1.807) is 6.07 Å². The largest absolute Gasteiger partial charge is 0.483 e. The Morgan fingerprint density at radius 1 is 1.00 bits per heavy atom. The minimum atomic E-state index is -0.247. The van der Waals surface area contributed by atoms with E-state index in [1.807, 2.05) is 61.5 Å². The SMILES string of the molecule is CCCC(=O)Nc1nc2ccc(NC(=O)COc3cccc4ccccc34)cc2s1. The second-order valence-corrected chi connectivity index (χ2v) is 7.84. The molecule has 2 N–H and O–H groups in total. The van der Waals surface area contributed by atoms with Crippen LogP contribution in [0.2, 0.25) is 0 Å². The highest BCUT2D eigenvalue weighted by atomic mass is 32.1. The number of carbonyl (C=O) groups excluding carboxylic acids is 2. The van der Waals surface area contributed by atoms with E-state index in [0.29, 0.717) is 23.0 Å². The van der Waals surface area contributed by atoms with Gasteiger partial charge in [-0.05, 0) is 36.1 Å². The maximum absolute atomic E-state index is 12.4. The van der Waals surface area contributed by atoms with Gasteiger partial charge in [0, 0.05) is 17.5 Å². The molecule has 1 aromatic heterocycles. The van der Waals surface area contributed by atoms with Gasteiger partial charge in [-0.1, -0.05) is 54.7 Å². The number of nitrogens with zero attached hydrogens (tertiary/aromatic N) is 1. The quantitative estimate of drug-likeness (QED) is 0.431. The lowest BCUT2D eigenvalue weighted by Crippen LogP contribution is -2.20. The summed E-state index contributed by atoms with van der Waals surface area (Å²) in [6.07, 6.45) is 1.25. The molecule has 0 aliphatic rings. The van der Waals surface area contributed by atoms with Gasteiger partial charge in [-0.15, -0.1) is 0 Å². The lowest BCUT2D eigenvalue weighted by atomic mass is 10.1. The molecule has 0 aliphatic carbocycles. The number of thiazole rings is 1. The number of ether oxygens (including phenoxy) is 1. The molecule has 0 atom stereocenters. The van der Waals surface area contributed by atoms with Gasteiger partial charge in [0.25, 0.3) is 5.91 Å². The van der Waals surface area contributed by atoms with Crippen LogP contribution in [0.25, 0.3) is 21.0 Å². The van der Waals surface area contributed by atoms with Crippen molar-refractivity contribution < 1.29 is 14.3 Å². The number of aromatic nitrogens is 1. The molecule has 0 aliphatic heterocycles. The van der Waals surface area contributed by atoms with E-state index >= 15 is 0 Å². The van der Waals surface area contributed by atoms with Gasteiger partial charge < -0.3 is 15.4 Å². The van der Waals surface area contributed by atoms with Crippen molar-refractivity contribution in [3.05, 3.63) is 60.7 Å². The first-order chi connectivity index (χ1) is 14.6. The average Bonchev–Trinajstić information content (AvgIpc) is 3.13. The minimum Gasteiger partial charge on any atom is -0.483 e. The van der Waals surface area contributed by atoms with Crippen LogP contribution < -0.4 is 15.4 Å². The second-order valence-electron chi connectivity index (χ2n) is 6.81. The number of hydrogen-bond acceptors (Lipinski definition) is 5. The molecule has 0 bridgehead atoms.